The third kappa shape index (κ3) is 5.29. The van der Waals surface area contributed by atoms with E-state index in [0.717, 1.165) is 30.4 Å². The monoisotopic (exact) mass is 306 g/mol. The Kier molecular flexibility index (Phi) is 6.46. The molecule has 1 fully saturated rings. The lowest BCUT2D eigenvalue weighted by atomic mass is 9.98. The summed E-state index contributed by atoms with van der Waals surface area (Å²) in [5, 5.41) is 0. The molecule has 0 saturated carbocycles. The van der Waals surface area contributed by atoms with Crippen LogP contribution in [0.15, 0.2) is 24.3 Å². The number of benzene rings is 1. The van der Waals surface area contributed by atoms with Crippen molar-refractivity contribution in [3.8, 4) is 5.75 Å². The Bertz CT molecular complexity index is 464. The maximum atomic E-state index is 5.84. The molecule has 0 amide bonds. The molecule has 1 aliphatic heterocycles. The van der Waals surface area contributed by atoms with Crippen LogP contribution in [0.2, 0.25) is 0 Å². The van der Waals surface area contributed by atoms with Crippen LogP contribution >= 0.6 is 12.2 Å². The third-order valence-electron chi connectivity index (χ3n) is 4.31. The van der Waals surface area contributed by atoms with Gasteiger partial charge in [0.05, 0.1) is 0 Å². The minimum absolute atomic E-state index is 0.415. The fourth-order valence-corrected chi connectivity index (χ4v) is 3.02. The van der Waals surface area contributed by atoms with Gasteiger partial charge in [0.2, 0.25) is 0 Å². The Hall–Kier alpha value is -1.13. The molecule has 2 rings (SSSR count). The summed E-state index contributed by atoms with van der Waals surface area (Å²) >= 11 is 4.99. The number of thiocarbonyl (C=S) groups is 1. The topological polar surface area (TPSA) is 38.5 Å². The normalized spacial score (nSPS) is 20.0. The zero-order chi connectivity index (χ0) is 15.1. The Morgan fingerprint density at radius 3 is 3.00 bits per heavy atom. The van der Waals surface area contributed by atoms with Crippen molar-refractivity contribution in [2.24, 2.45) is 11.7 Å². The second-order valence-corrected chi connectivity index (χ2v) is 6.23. The van der Waals surface area contributed by atoms with Gasteiger partial charge in [-0.2, -0.15) is 0 Å². The standard InChI is InChI=1S/C17H26N2OS/c1-2-14-5-4-9-19(10-8-14)11-12-20-16-7-3-6-15(13-16)17(18)21/h3,6-7,13-14H,2,4-5,8-12H2,1H3,(H2,18,21). The van der Waals surface area contributed by atoms with Crippen molar-refractivity contribution in [1.29, 1.82) is 0 Å². The van der Waals surface area contributed by atoms with Crippen molar-refractivity contribution in [3.63, 3.8) is 0 Å². The third-order valence-corrected chi connectivity index (χ3v) is 4.55. The van der Waals surface area contributed by atoms with Gasteiger partial charge in [-0.3, -0.25) is 4.90 Å². The minimum atomic E-state index is 0.415. The van der Waals surface area contributed by atoms with Crippen LogP contribution in [0.1, 0.15) is 38.2 Å². The zero-order valence-electron chi connectivity index (χ0n) is 12.9. The second kappa shape index (κ2) is 8.35. The second-order valence-electron chi connectivity index (χ2n) is 5.79. The molecular weight excluding hydrogens is 280 g/mol. The first-order chi connectivity index (χ1) is 10.2. The van der Waals surface area contributed by atoms with Gasteiger partial charge in [-0.25, -0.2) is 0 Å². The number of nitrogens with two attached hydrogens (primary N) is 1. The van der Waals surface area contributed by atoms with Gasteiger partial charge in [-0.1, -0.05) is 37.7 Å². The molecule has 116 valence electrons. The SMILES string of the molecule is CCC1CCCN(CCOc2cccc(C(N)=S)c2)CC1. The Labute approximate surface area is 133 Å². The zero-order valence-corrected chi connectivity index (χ0v) is 13.7. The van der Waals surface area contributed by atoms with Crippen LogP contribution < -0.4 is 10.5 Å². The van der Waals surface area contributed by atoms with Crippen LogP contribution in [-0.2, 0) is 0 Å². The summed E-state index contributed by atoms with van der Waals surface area (Å²) in [4.78, 5) is 2.94. The minimum Gasteiger partial charge on any atom is -0.492 e. The van der Waals surface area contributed by atoms with Gasteiger partial charge < -0.3 is 10.5 Å². The molecule has 21 heavy (non-hydrogen) atoms. The number of likely N-dealkylation sites (tertiary alicyclic amines) is 1. The van der Waals surface area contributed by atoms with Gasteiger partial charge in [0.25, 0.3) is 0 Å². The number of nitrogens with zero attached hydrogens (tertiary/aromatic N) is 1. The first kappa shape index (κ1) is 16.2. The Morgan fingerprint density at radius 2 is 2.24 bits per heavy atom. The average Bonchev–Trinajstić information content (AvgIpc) is 2.73. The summed E-state index contributed by atoms with van der Waals surface area (Å²) in [6.45, 7) is 6.42. The van der Waals surface area contributed by atoms with E-state index in [1.165, 1.54) is 38.8 Å². The highest BCUT2D eigenvalue weighted by molar-refractivity contribution is 7.80. The van der Waals surface area contributed by atoms with E-state index in [-0.39, 0.29) is 0 Å². The van der Waals surface area contributed by atoms with Crippen LogP contribution in [0.5, 0.6) is 5.75 Å². The molecule has 0 radical (unpaired) electrons. The largest absolute Gasteiger partial charge is 0.492 e. The maximum absolute atomic E-state index is 5.84. The molecule has 1 saturated heterocycles. The Balaban J connectivity index is 1.76. The number of rotatable bonds is 6. The molecule has 0 aromatic heterocycles. The summed E-state index contributed by atoms with van der Waals surface area (Å²) in [6, 6.07) is 7.71. The predicted octanol–water partition coefficient (Wildman–Crippen LogP) is 3.21. The van der Waals surface area contributed by atoms with E-state index in [0.29, 0.717) is 4.99 Å². The van der Waals surface area contributed by atoms with Gasteiger partial charge in [0.15, 0.2) is 0 Å². The molecular formula is C17H26N2OS. The summed E-state index contributed by atoms with van der Waals surface area (Å²) in [6.07, 6.45) is 5.34. The molecule has 1 heterocycles. The maximum Gasteiger partial charge on any atom is 0.120 e. The molecule has 0 aliphatic carbocycles. The van der Waals surface area contributed by atoms with Gasteiger partial charge in [-0.05, 0) is 50.4 Å². The summed E-state index contributed by atoms with van der Waals surface area (Å²) in [7, 11) is 0. The number of hydrogen-bond donors (Lipinski definition) is 1. The molecule has 0 spiro atoms. The van der Waals surface area contributed by atoms with Gasteiger partial charge in [-0.15, -0.1) is 0 Å². The molecule has 1 aromatic rings. The van der Waals surface area contributed by atoms with E-state index in [9.17, 15) is 0 Å². The first-order valence-corrected chi connectivity index (χ1v) is 8.35. The molecule has 4 heteroatoms. The van der Waals surface area contributed by atoms with Crippen molar-refractivity contribution in [1.82, 2.24) is 4.90 Å². The van der Waals surface area contributed by atoms with Gasteiger partial charge >= 0.3 is 0 Å². The van der Waals surface area contributed by atoms with Crippen molar-refractivity contribution in [2.75, 3.05) is 26.2 Å². The number of hydrogen-bond acceptors (Lipinski definition) is 3. The van der Waals surface area contributed by atoms with E-state index < -0.39 is 0 Å². The van der Waals surface area contributed by atoms with Crippen molar-refractivity contribution < 1.29 is 4.74 Å². The van der Waals surface area contributed by atoms with Crippen molar-refractivity contribution in [2.45, 2.75) is 32.6 Å². The molecule has 0 bridgehead atoms. The smallest absolute Gasteiger partial charge is 0.120 e. The highest BCUT2D eigenvalue weighted by atomic mass is 32.1. The highest BCUT2D eigenvalue weighted by Gasteiger charge is 2.15. The Morgan fingerprint density at radius 1 is 1.38 bits per heavy atom. The summed E-state index contributed by atoms with van der Waals surface area (Å²) in [5.74, 6) is 1.76. The van der Waals surface area contributed by atoms with Crippen LogP contribution in [-0.4, -0.2) is 36.1 Å². The summed E-state index contributed by atoms with van der Waals surface area (Å²) < 4.78 is 5.84. The lowest BCUT2D eigenvalue weighted by molar-refractivity contribution is 0.212. The molecule has 1 unspecified atom stereocenters. The predicted molar refractivity (Wildman–Crippen MR) is 91.9 cm³/mol. The van der Waals surface area contributed by atoms with Crippen LogP contribution in [0.25, 0.3) is 0 Å². The molecule has 3 nitrogen and oxygen atoms in total. The van der Waals surface area contributed by atoms with Gasteiger partial charge in [0.1, 0.15) is 17.3 Å². The van der Waals surface area contributed by atoms with Crippen LogP contribution in [0.4, 0.5) is 0 Å². The van der Waals surface area contributed by atoms with Crippen LogP contribution in [0, 0.1) is 5.92 Å². The fraction of sp³-hybridized carbons (Fsp3) is 0.588. The quantitative estimate of drug-likeness (QED) is 0.819. The van der Waals surface area contributed by atoms with E-state index in [2.05, 4.69) is 11.8 Å². The van der Waals surface area contributed by atoms with E-state index in [1.54, 1.807) is 0 Å². The van der Waals surface area contributed by atoms with E-state index in [1.807, 2.05) is 24.3 Å². The van der Waals surface area contributed by atoms with Crippen LogP contribution in [0.3, 0.4) is 0 Å². The number of ether oxygens (including phenoxy) is 1. The molecule has 1 aromatic carbocycles. The lowest BCUT2D eigenvalue weighted by Gasteiger charge is -2.20. The average molecular weight is 306 g/mol. The molecule has 1 aliphatic rings. The van der Waals surface area contributed by atoms with Crippen molar-refractivity contribution >= 4 is 17.2 Å². The molecule has 1 atom stereocenters. The highest BCUT2D eigenvalue weighted by Crippen LogP contribution is 2.20. The summed E-state index contributed by atoms with van der Waals surface area (Å²) in [5.41, 5.74) is 6.50. The van der Waals surface area contributed by atoms with E-state index >= 15 is 0 Å². The fourth-order valence-electron chi connectivity index (χ4n) is 2.89. The first-order valence-electron chi connectivity index (χ1n) is 7.94. The van der Waals surface area contributed by atoms with E-state index in [4.69, 9.17) is 22.7 Å². The molecule has 2 N–H and O–H groups in total. The van der Waals surface area contributed by atoms with Crippen molar-refractivity contribution in [3.05, 3.63) is 29.8 Å². The lowest BCUT2D eigenvalue weighted by Crippen LogP contribution is -2.29. The van der Waals surface area contributed by atoms with Gasteiger partial charge in [0, 0.05) is 12.1 Å².